The van der Waals surface area contributed by atoms with Crippen LogP contribution in [0.25, 0.3) is 0 Å². The highest BCUT2D eigenvalue weighted by molar-refractivity contribution is 5.85. The van der Waals surface area contributed by atoms with E-state index >= 15 is 0 Å². The van der Waals surface area contributed by atoms with Crippen LogP contribution in [0.5, 0.6) is 0 Å². The van der Waals surface area contributed by atoms with Gasteiger partial charge in [0.2, 0.25) is 0 Å². The van der Waals surface area contributed by atoms with Crippen molar-refractivity contribution in [3.05, 3.63) is 0 Å². The lowest BCUT2D eigenvalue weighted by Crippen LogP contribution is -2.55. The maximum Gasteiger partial charge on any atom is 0.329 e. The van der Waals surface area contributed by atoms with Gasteiger partial charge >= 0.3 is 12.0 Å². The molecule has 88 valence electrons. The zero-order valence-corrected chi connectivity index (χ0v) is 9.76. The number of carboxylic acid groups (broad SMARTS) is 1. The Morgan fingerprint density at radius 3 is 2.27 bits per heavy atom. The Hall–Kier alpha value is -1.26. The zero-order chi connectivity index (χ0) is 12.1. The summed E-state index contributed by atoms with van der Waals surface area (Å²) in [4.78, 5) is 22.3. The predicted octanol–water partition coefficient (Wildman–Crippen LogP) is 1.34. The predicted molar refractivity (Wildman–Crippen MR) is 57.8 cm³/mol. The Morgan fingerprint density at radius 2 is 1.93 bits per heavy atom. The summed E-state index contributed by atoms with van der Waals surface area (Å²) in [5.41, 5.74) is -1.20. The van der Waals surface area contributed by atoms with Crippen molar-refractivity contribution < 1.29 is 14.7 Å². The van der Waals surface area contributed by atoms with Gasteiger partial charge in [0.25, 0.3) is 0 Å². The molecule has 0 bridgehead atoms. The molecule has 5 nitrogen and oxygen atoms in total. The van der Waals surface area contributed by atoms with Crippen LogP contribution in [-0.2, 0) is 4.79 Å². The van der Waals surface area contributed by atoms with Crippen LogP contribution in [-0.4, -0.2) is 28.7 Å². The van der Waals surface area contributed by atoms with Gasteiger partial charge in [-0.1, -0.05) is 13.8 Å². The molecule has 0 aliphatic heterocycles. The first-order valence-electron chi connectivity index (χ1n) is 5.17. The van der Waals surface area contributed by atoms with Crippen LogP contribution in [0.4, 0.5) is 4.79 Å². The Bertz CT molecular complexity index is 243. The minimum absolute atomic E-state index is 0.0416. The first kappa shape index (κ1) is 13.7. The van der Waals surface area contributed by atoms with Crippen molar-refractivity contribution >= 4 is 12.0 Å². The smallest absolute Gasteiger partial charge is 0.329 e. The highest BCUT2D eigenvalue weighted by Gasteiger charge is 2.32. The Balaban J connectivity index is 4.31. The molecule has 0 saturated carbocycles. The summed E-state index contributed by atoms with van der Waals surface area (Å²) in [6, 6.07) is -0.393. The highest BCUT2D eigenvalue weighted by atomic mass is 16.4. The lowest BCUT2D eigenvalue weighted by atomic mass is 10.00. The minimum Gasteiger partial charge on any atom is -0.480 e. The number of nitrogens with one attached hydrogen (secondary N) is 2. The van der Waals surface area contributed by atoms with Crippen LogP contribution in [0.1, 0.15) is 40.5 Å². The first-order valence-corrected chi connectivity index (χ1v) is 5.17. The molecule has 2 unspecified atom stereocenters. The molecule has 0 aliphatic rings. The van der Waals surface area contributed by atoms with Gasteiger partial charge < -0.3 is 15.7 Å². The van der Waals surface area contributed by atoms with Crippen molar-refractivity contribution in [3.63, 3.8) is 0 Å². The Kier molecular flexibility index (Phi) is 5.11. The average molecular weight is 216 g/mol. The third kappa shape index (κ3) is 4.18. The van der Waals surface area contributed by atoms with Crippen molar-refractivity contribution in [1.82, 2.24) is 10.6 Å². The van der Waals surface area contributed by atoms with E-state index in [0.717, 1.165) is 6.42 Å². The van der Waals surface area contributed by atoms with Crippen molar-refractivity contribution in [3.8, 4) is 0 Å². The fourth-order valence-electron chi connectivity index (χ4n) is 0.906. The zero-order valence-electron chi connectivity index (χ0n) is 9.76. The Morgan fingerprint density at radius 1 is 1.40 bits per heavy atom. The van der Waals surface area contributed by atoms with Crippen molar-refractivity contribution in [1.29, 1.82) is 0 Å². The summed E-state index contributed by atoms with van der Waals surface area (Å²) >= 11 is 0. The monoisotopic (exact) mass is 216 g/mol. The maximum atomic E-state index is 11.4. The van der Waals surface area contributed by atoms with Gasteiger partial charge in [0, 0.05) is 6.04 Å². The molecule has 3 N–H and O–H groups in total. The normalized spacial score (nSPS) is 16.3. The van der Waals surface area contributed by atoms with E-state index in [9.17, 15) is 9.59 Å². The van der Waals surface area contributed by atoms with E-state index in [1.807, 2.05) is 13.8 Å². The number of carboxylic acids is 1. The van der Waals surface area contributed by atoms with E-state index in [0.29, 0.717) is 6.42 Å². The molecular formula is C10H20N2O3. The highest BCUT2D eigenvalue weighted by Crippen LogP contribution is 2.08. The summed E-state index contributed by atoms with van der Waals surface area (Å²) in [5, 5.41) is 14.0. The third-order valence-corrected chi connectivity index (χ3v) is 2.56. The molecule has 15 heavy (non-hydrogen) atoms. The maximum absolute atomic E-state index is 11.4. The standard InChI is InChI=1S/C10H20N2O3/c1-5-7(3)11-9(15)12-10(4,6-2)8(13)14/h7H,5-6H2,1-4H3,(H,13,14)(H2,11,12,15). The van der Waals surface area contributed by atoms with Crippen LogP contribution in [0.2, 0.25) is 0 Å². The molecule has 0 fully saturated rings. The molecule has 0 spiro atoms. The molecule has 0 aliphatic carbocycles. The largest absolute Gasteiger partial charge is 0.480 e. The van der Waals surface area contributed by atoms with Crippen LogP contribution in [0, 0.1) is 0 Å². The van der Waals surface area contributed by atoms with Crippen molar-refractivity contribution in [2.24, 2.45) is 0 Å². The molecule has 0 aromatic carbocycles. The van der Waals surface area contributed by atoms with E-state index in [1.54, 1.807) is 6.92 Å². The average Bonchev–Trinajstić information content (AvgIpc) is 2.16. The van der Waals surface area contributed by atoms with E-state index in [-0.39, 0.29) is 6.04 Å². The van der Waals surface area contributed by atoms with Crippen molar-refractivity contribution in [2.45, 2.75) is 52.1 Å². The minimum atomic E-state index is -1.20. The summed E-state index contributed by atoms with van der Waals surface area (Å²) in [6.07, 6.45) is 1.15. The van der Waals surface area contributed by atoms with Gasteiger partial charge in [-0.25, -0.2) is 9.59 Å². The number of hydrogen-bond acceptors (Lipinski definition) is 2. The molecule has 0 aromatic heterocycles. The SMILES string of the molecule is CCC(C)NC(=O)NC(C)(CC)C(=O)O. The van der Waals surface area contributed by atoms with E-state index in [1.165, 1.54) is 6.92 Å². The summed E-state index contributed by atoms with van der Waals surface area (Å²) in [6.45, 7) is 7.02. The molecule has 5 heteroatoms. The molecular weight excluding hydrogens is 196 g/mol. The molecule has 0 rings (SSSR count). The summed E-state index contributed by atoms with van der Waals surface area (Å²) in [5.74, 6) is -1.02. The lowest BCUT2D eigenvalue weighted by Gasteiger charge is -2.25. The van der Waals surface area contributed by atoms with E-state index < -0.39 is 17.5 Å². The van der Waals surface area contributed by atoms with E-state index in [2.05, 4.69) is 10.6 Å². The Labute approximate surface area is 90.2 Å². The molecule has 0 radical (unpaired) electrons. The fraction of sp³-hybridized carbons (Fsp3) is 0.800. The van der Waals surface area contributed by atoms with Gasteiger partial charge in [-0.05, 0) is 26.7 Å². The second-order valence-electron chi connectivity index (χ2n) is 3.90. The lowest BCUT2D eigenvalue weighted by molar-refractivity contribution is -0.143. The molecule has 2 amide bonds. The number of carbonyl (C=O) groups is 2. The number of aliphatic carboxylic acids is 1. The quantitative estimate of drug-likeness (QED) is 0.649. The molecule has 2 atom stereocenters. The number of urea groups is 1. The molecule has 0 aromatic rings. The van der Waals surface area contributed by atoms with Crippen LogP contribution < -0.4 is 10.6 Å². The second-order valence-corrected chi connectivity index (χ2v) is 3.90. The molecule has 0 heterocycles. The second kappa shape index (κ2) is 5.58. The number of carbonyl (C=O) groups excluding carboxylic acids is 1. The fourth-order valence-corrected chi connectivity index (χ4v) is 0.906. The number of hydrogen-bond donors (Lipinski definition) is 3. The van der Waals surface area contributed by atoms with Crippen LogP contribution in [0.15, 0.2) is 0 Å². The van der Waals surface area contributed by atoms with Gasteiger partial charge in [-0.2, -0.15) is 0 Å². The summed E-state index contributed by atoms with van der Waals surface area (Å²) in [7, 11) is 0. The number of rotatable bonds is 5. The third-order valence-electron chi connectivity index (χ3n) is 2.56. The van der Waals surface area contributed by atoms with Gasteiger partial charge in [0.1, 0.15) is 5.54 Å². The van der Waals surface area contributed by atoms with Crippen LogP contribution >= 0.6 is 0 Å². The van der Waals surface area contributed by atoms with Gasteiger partial charge in [-0.3, -0.25) is 0 Å². The number of amides is 2. The molecule has 0 saturated heterocycles. The van der Waals surface area contributed by atoms with Gasteiger partial charge in [-0.15, -0.1) is 0 Å². The van der Waals surface area contributed by atoms with Gasteiger partial charge in [0.05, 0.1) is 0 Å². The summed E-state index contributed by atoms with van der Waals surface area (Å²) < 4.78 is 0. The van der Waals surface area contributed by atoms with Crippen LogP contribution in [0.3, 0.4) is 0 Å². The van der Waals surface area contributed by atoms with E-state index in [4.69, 9.17) is 5.11 Å². The first-order chi connectivity index (χ1) is 6.85. The topological polar surface area (TPSA) is 78.4 Å². The van der Waals surface area contributed by atoms with Crippen molar-refractivity contribution in [2.75, 3.05) is 0 Å². The van der Waals surface area contributed by atoms with Gasteiger partial charge in [0.15, 0.2) is 0 Å².